The van der Waals surface area contributed by atoms with Gasteiger partial charge in [-0.25, -0.2) is 9.36 Å². The zero-order chi connectivity index (χ0) is 30.9. The van der Waals surface area contributed by atoms with Gasteiger partial charge in [0.2, 0.25) is 0 Å². The van der Waals surface area contributed by atoms with Crippen LogP contribution < -0.4 is 5.32 Å². The molecule has 1 N–H and O–H groups in total. The van der Waals surface area contributed by atoms with E-state index in [4.69, 9.17) is 18.3 Å². The van der Waals surface area contributed by atoms with Crippen LogP contribution in [0.1, 0.15) is 102 Å². The van der Waals surface area contributed by atoms with Crippen molar-refractivity contribution in [2.75, 3.05) is 13.2 Å². The van der Waals surface area contributed by atoms with Gasteiger partial charge in [0.15, 0.2) is 5.78 Å². The van der Waals surface area contributed by atoms with E-state index in [-0.39, 0.29) is 19.0 Å². The smallest absolute Gasteiger partial charge is 0.444 e. The highest BCUT2D eigenvalue weighted by Gasteiger charge is 2.46. The van der Waals surface area contributed by atoms with Gasteiger partial charge < -0.3 is 10.1 Å². The maximum Gasteiger partial charge on any atom is 0.475 e. The number of alkyl carbamates (subject to hydrolysis) is 1. The summed E-state index contributed by atoms with van der Waals surface area (Å²) in [5.74, 6) is 0.149. The molecule has 0 unspecified atom stereocenters. The van der Waals surface area contributed by atoms with Gasteiger partial charge in [0.25, 0.3) is 0 Å². The molecule has 0 aliphatic carbocycles. The van der Waals surface area contributed by atoms with Crippen molar-refractivity contribution in [2.45, 2.75) is 110 Å². The molecular formula is C33H48NO7P. The van der Waals surface area contributed by atoms with Crippen LogP contribution >= 0.6 is 7.82 Å². The molecule has 1 aliphatic rings. The lowest BCUT2D eigenvalue weighted by molar-refractivity contribution is -0.0275. The maximum absolute atomic E-state index is 13.0. The van der Waals surface area contributed by atoms with Crippen molar-refractivity contribution < 1.29 is 32.5 Å². The molecule has 2 aromatic carbocycles. The molecule has 0 radical (unpaired) electrons. The lowest BCUT2D eigenvalue weighted by Crippen LogP contribution is -2.58. The first-order valence-electron chi connectivity index (χ1n) is 14.9. The van der Waals surface area contributed by atoms with E-state index in [1.165, 1.54) is 5.56 Å². The predicted molar refractivity (Wildman–Crippen MR) is 165 cm³/mol. The summed E-state index contributed by atoms with van der Waals surface area (Å²) in [6, 6.07) is 18.1. The Hall–Kier alpha value is -2.51. The van der Waals surface area contributed by atoms with Crippen LogP contribution in [-0.4, -0.2) is 41.8 Å². The number of phosphoric ester groups is 1. The third-order valence-electron chi connectivity index (χ3n) is 6.78. The minimum atomic E-state index is -3.77. The standard InChI is InChI=1S/C33H48NO7P/c1-31(2,3)40-30(36)34-33(24-38-42(37,39-25-33)41-32(4,5)6)23-22-27-18-20-28(21-19-27)29(35)17-13-8-7-10-14-26-15-11-9-12-16-26/h9,11-12,15-16,18-21H,7-8,10,13-14,17,22-25H2,1-6H3,(H,34,36). The number of benzene rings is 2. The minimum absolute atomic E-state index is 0.0540. The fourth-order valence-electron chi connectivity index (χ4n) is 4.67. The average molecular weight is 602 g/mol. The molecule has 0 aromatic heterocycles. The number of aryl methyl sites for hydroxylation is 2. The van der Waals surface area contributed by atoms with Gasteiger partial charge in [0.1, 0.15) is 5.60 Å². The molecule has 3 rings (SSSR count). The molecule has 0 saturated carbocycles. The average Bonchev–Trinajstić information content (AvgIpc) is 2.90. The molecular weight excluding hydrogens is 553 g/mol. The van der Waals surface area contributed by atoms with Gasteiger partial charge in [-0.1, -0.05) is 67.4 Å². The first kappa shape index (κ1) is 34.0. The fourth-order valence-corrected chi connectivity index (χ4v) is 6.33. The number of hydrogen-bond acceptors (Lipinski definition) is 7. The molecule has 1 heterocycles. The normalized spacial score (nSPS) is 21.1. The Balaban J connectivity index is 1.51. The van der Waals surface area contributed by atoms with Crippen LogP contribution in [0.25, 0.3) is 0 Å². The number of rotatable bonds is 13. The van der Waals surface area contributed by atoms with E-state index in [1.54, 1.807) is 41.5 Å². The zero-order valence-electron chi connectivity index (χ0n) is 26.1. The number of unbranched alkanes of at least 4 members (excludes halogenated alkanes) is 3. The third kappa shape index (κ3) is 12.0. The van der Waals surface area contributed by atoms with Crippen molar-refractivity contribution in [1.29, 1.82) is 0 Å². The topological polar surface area (TPSA) is 100 Å². The number of hydrogen-bond donors (Lipinski definition) is 1. The van der Waals surface area contributed by atoms with Crippen LogP contribution in [0.2, 0.25) is 0 Å². The highest BCUT2D eigenvalue weighted by atomic mass is 31.2. The van der Waals surface area contributed by atoms with Crippen molar-refractivity contribution in [1.82, 2.24) is 5.32 Å². The quantitative estimate of drug-likeness (QED) is 0.140. The lowest BCUT2D eigenvalue weighted by Gasteiger charge is -2.41. The number of Topliss-reactive ketones (excluding diaryl/α,β-unsaturated/α-hetero) is 1. The van der Waals surface area contributed by atoms with Gasteiger partial charge in [-0.05, 0) is 84.8 Å². The summed E-state index contributed by atoms with van der Waals surface area (Å²) in [6.07, 6.45) is 6.20. The SMILES string of the molecule is CC(C)(C)OC(=O)NC1(CCc2ccc(C(=O)CCCCCCc3ccccc3)cc2)COP(=O)(OC(C)(C)C)OC1. The fraction of sp³-hybridized carbons (Fsp3) is 0.576. The molecule has 1 aliphatic heterocycles. The second-order valence-electron chi connectivity index (χ2n) is 13.1. The van der Waals surface area contributed by atoms with E-state index < -0.39 is 30.7 Å². The van der Waals surface area contributed by atoms with Crippen LogP contribution in [0.4, 0.5) is 4.79 Å². The van der Waals surface area contributed by atoms with E-state index in [0.29, 0.717) is 24.8 Å². The molecule has 0 bridgehead atoms. The largest absolute Gasteiger partial charge is 0.475 e. The first-order chi connectivity index (χ1) is 19.7. The number of nitrogens with one attached hydrogen (secondary N) is 1. The highest BCUT2D eigenvalue weighted by molar-refractivity contribution is 7.48. The molecule has 8 nitrogen and oxygen atoms in total. The molecule has 9 heteroatoms. The maximum atomic E-state index is 13.0. The van der Waals surface area contributed by atoms with Gasteiger partial charge in [0.05, 0.1) is 24.4 Å². The predicted octanol–water partition coefficient (Wildman–Crippen LogP) is 8.23. The van der Waals surface area contributed by atoms with Gasteiger partial charge in [0, 0.05) is 12.0 Å². The Kier molecular flexibility index (Phi) is 12.0. The third-order valence-corrected chi connectivity index (χ3v) is 8.44. The molecule has 232 valence electrons. The number of ether oxygens (including phenoxy) is 1. The van der Waals surface area contributed by atoms with E-state index in [0.717, 1.165) is 37.7 Å². The van der Waals surface area contributed by atoms with Crippen molar-refractivity contribution in [3.8, 4) is 0 Å². The van der Waals surface area contributed by atoms with Crippen LogP contribution in [0.15, 0.2) is 54.6 Å². The summed E-state index contributed by atoms with van der Waals surface area (Å²) in [7, 11) is -3.77. The Bertz CT molecular complexity index is 1190. The van der Waals surface area contributed by atoms with Crippen LogP contribution in [-0.2, 0) is 35.7 Å². The summed E-state index contributed by atoms with van der Waals surface area (Å²) in [4.78, 5) is 25.4. The second-order valence-corrected chi connectivity index (χ2v) is 14.7. The number of amides is 1. The van der Waals surface area contributed by atoms with Crippen molar-refractivity contribution in [3.05, 3.63) is 71.3 Å². The van der Waals surface area contributed by atoms with Crippen LogP contribution in [0.3, 0.4) is 0 Å². The van der Waals surface area contributed by atoms with Crippen molar-refractivity contribution in [2.24, 2.45) is 0 Å². The number of ketones is 1. The zero-order valence-corrected chi connectivity index (χ0v) is 27.0. The monoisotopic (exact) mass is 601 g/mol. The highest BCUT2D eigenvalue weighted by Crippen LogP contribution is 2.56. The molecule has 0 atom stereocenters. The Morgan fingerprint density at radius 2 is 1.40 bits per heavy atom. The van der Waals surface area contributed by atoms with Crippen LogP contribution in [0.5, 0.6) is 0 Å². The number of carbonyl (C=O) groups excluding carboxylic acids is 2. The Morgan fingerprint density at radius 3 is 2.00 bits per heavy atom. The van der Waals surface area contributed by atoms with Gasteiger partial charge in [-0.2, -0.15) is 0 Å². The van der Waals surface area contributed by atoms with E-state index in [1.807, 2.05) is 30.3 Å². The van der Waals surface area contributed by atoms with Crippen molar-refractivity contribution >= 4 is 19.7 Å². The second kappa shape index (κ2) is 14.8. The minimum Gasteiger partial charge on any atom is -0.444 e. The molecule has 1 saturated heterocycles. The summed E-state index contributed by atoms with van der Waals surface area (Å²) in [5, 5.41) is 2.89. The molecule has 2 aromatic rings. The van der Waals surface area contributed by atoms with Gasteiger partial charge >= 0.3 is 13.9 Å². The summed E-state index contributed by atoms with van der Waals surface area (Å²) < 4.78 is 35.2. The summed E-state index contributed by atoms with van der Waals surface area (Å²) in [6.45, 7) is 10.5. The van der Waals surface area contributed by atoms with Crippen LogP contribution in [0, 0.1) is 0 Å². The van der Waals surface area contributed by atoms with Crippen molar-refractivity contribution in [3.63, 3.8) is 0 Å². The Morgan fingerprint density at radius 1 is 0.810 bits per heavy atom. The lowest BCUT2D eigenvalue weighted by atomic mass is 9.92. The van der Waals surface area contributed by atoms with E-state index in [2.05, 4.69) is 29.6 Å². The number of phosphoric acid groups is 1. The summed E-state index contributed by atoms with van der Waals surface area (Å²) in [5.41, 5.74) is 0.684. The van der Waals surface area contributed by atoms with E-state index >= 15 is 0 Å². The molecule has 1 fully saturated rings. The van der Waals surface area contributed by atoms with Gasteiger partial charge in [-0.3, -0.25) is 18.4 Å². The van der Waals surface area contributed by atoms with E-state index in [9.17, 15) is 14.2 Å². The number of carbonyl (C=O) groups is 2. The molecule has 1 amide bonds. The molecule has 0 spiro atoms. The summed E-state index contributed by atoms with van der Waals surface area (Å²) >= 11 is 0. The molecule has 42 heavy (non-hydrogen) atoms. The Labute approximate surface area is 251 Å². The van der Waals surface area contributed by atoms with Gasteiger partial charge in [-0.15, -0.1) is 0 Å². The first-order valence-corrected chi connectivity index (χ1v) is 16.4.